The number of amides is 1. The lowest BCUT2D eigenvalue weighted by Crippen LogP contribution is -2.39. The lowest BCUT2D eigenvalue weighted by atomic mass is 9.91. The van der Waals surface area contributed by atoms with Crippen molar-refractivity contribution in [3.63, 3.8) is 0 Å². The van der Waals surface area contributed by atoms with E-state index >= 15 is 0 Å². The van der Waals surface area contributed by atoms with Crippen molar-refractivity contribution in [1.82, 2.24) is 9.88 Å². The van der Waals surface area contributed by atoms with Crippen LogP contribution in [0.25, 0.3) is 10.9 Å². The van der Waals surface area contributed by atoms with Crippen molar-refractivity contribution in [2.45, 2.75) is 38.5 Å². The van der Waals surface area contributed by atoms with Crippen LogP contribution in [0.2, 0.25) is 5.02 Å². The molecule has 0 saturated heterocycles. The van der Waals surface area contributed by atoms with Crippen molar-refractivity contribution in [1.29, 1.82) is 0 Å². The number of halogens is 2. The predicted molar refractivity (Wildman–Crippen MR) is 110 cm³/mol. The number of rotatable bonds is 5. The van der Waals surface area contributed by atoms with Gasteiger partial charge in [-0.3, -0.25) is 4.79 Å². The molecule has 0 saturated carbocycles. The van der Waals surface area contributed by atoms with Gasteiger partial charge in [0.1, 0.15) is 19.0 Å². The number of nitrogens with zero attached hydrogens (tertiary/aromatic N) is 1. The molecular formula is C22H20ClFN2O4. The van der Waals surface area contributed by atoms with Crippen LogP contribution in [-0.4, -0.2) is 27.8 Å². The van der Waals surface area contributed by atoms with Crippen LogP contribution in [0.15, 0.2) is 42.5 Å². The van der Waals surface area contributed by atoms with E-state index in [1.807, 2.05) is 30.3 Å². The number of hydrogen-bond acceptors (Lipinski definition) is 3. The molecule has 2 aromatic carbocycles. The first-order valence-corrected chi connectivity index (χ1v) is 9.98. The lowest BCUT2D eigenvalue weighted by molar-refractivity contribution is -0.137. The molecule has 4 rings (SSSR count). The summed E-state index contributed by atoms with van der Waals surface area (Å²) in [5, 5.41) is 12.8. The smallest absolute Gasteiger partial charge is 0.407 e. The summed E-state index contributed by atoms with van der Waals surface area (Å²) < 4.78 is 21.5. The second-order valence-corrected chi connectivity index (χ2v) is 7.71. The van der Waals surface area contributed by atoms with E-state index in [4.69, 9.17) is 16.3 Å². The van der Waals surface area contributed by atoms with Crippen LogP contribution >= 0.6 is 11.6 Å². The van der Waals surface area contributed by atoms with Crippen molar-refractivity contribution >= 4 is 34.6 Å². The molecule has 6 nitrogen and oxygen atoms in total. The molecule has 1 aliphatic carbocycles. The number of hydrogen-bond donors (Lipinski definition) is 2. The third-order valence-corrected chi connectivity index (χ3v) is 5.64. The topological polar surface area (TPSA) is 80.6 Å². The first-order chi connectivity index (χ1) is 14.4. The van der Waals surface area contributed by atoms with Gasteiger partial charge in [-0.15, -0.1) is 0 Å². The molecule has 0 radical (unpaired) electrons. The van der Waals surface area contributed by atoms with Crippen molar-refractivity contribution < 1.29 is 23.8 Å². The number of ether oxygens (including phenoxy) is 1. The highest BCUT2D eigenvalue weighted by Gasteiger charge is 2.29. The van der Waals surface area contributed by atoms with Gasteiger partial charge in [-0.2, -0.15) is 0 Å². The highest BCUT2D eigenvalue weighted by molar-refractivity contribution is 6.35. The van der Waals surface area contributed by atoms with E-state index < -0.39 is 17.9 Å². The van der Waals surface area contributed by atoms with Gasteiger partial charge in [0, 0.05) is 17.1 Å². The minimum atomic E-state index is -1.03. The maximum absolute atomic E-state index is 14.7. The molecule has 0 unspecified atom stereocenters. The molecule has 0 spiro atoms. The zero-order chi connectivity index (χ0) is 21.3. The third-order valence-electron chi connectivity index (χ3n) is 5.33. The predicted octanol–water partition coefficient (Wildman–Crippen LogP) is 4.30. The van der Waals surface area contributed by atoms with Gasteiger partial charge in [-0.25, -0.2) is 9.18 Å². The number of carbonyl (C=O) groups is 2. The Morgan fingerprint density at radius 3 is 2.73 bits per heavy atom. The Bertz CT molecular complexity index is 1110. The second kappa shape index (κ2) is 8.36. The normalized spacial score (nSPS) is 15.6. The van der Waals surface area contributed by atoms with E-state index in [1.54, 1.807) is 4.57 Å². The molecule has 30 heavy (non-hydrogen) atoms. The fraction of sp³-hybridized carbons (Fsp3) is 0.273. The van der Waals surface area contributed by atoms with Gasteiger partial charge in [-0.05, 0) is 42.5 Å². The number of fused-ring (bicyclic) bond motifs is 3. The number of aliphatic carboxylic acids is 1. The number of benzene rings is 2. The first-order valence-electron chi connectivity index (χ1n) is 9.61. The lowest BCUT2D eigenvalue weighted by Gasteiger charge is -2.24. The molecule has 1 aliphatic rings. The highest BCUT2D eigenvalue weighted by atomic mass is 35.5. The Morgan fingerprint density at radius 2 is 2.00 bits per heavy atom. The summed E-state index contributed by atoms with van der Waals surface area (Å²) in [6.07, 6.45) is 0.912. The monoisotopic (exact) mass is 430 g/mol. The second-order valence-electron chi connectivity index (χ2n) is 7.30. The van der Waals surface area contributed by atoms with Crippen LogP contribution in [0.1, 0.15) is 23.2 Å². The van der Waals surface area contributed by atoms with Gasteiger partial charge in [0.25, 0.3) is 0 Å². The van der Waals surface area contributed by atoms with Gasteiger partial charge >= 0.3 is 12.1 Å². The van der Waals surface area contributed by atoms with Crippen LogP contribution in [0.4, 0.5) is 9.18 Å². The van der Waals surface area contributed by atoms with E-state index in [-0.39, 0.29) is 19.2 Å². The average molecular weight is 431 g/mol. The van der Waals surface area contributed by atoms with Crippen molar-refractivity contribution in [2.75, 3.05) is 0 Å². The largest absolute Gasteiger partial charge is 0.480 e. The summed E-state index contributed by atoms with van der Waals surface area (Å²) in [6.45, 7) is -0.140. The minimum absolute atomic E-state index is 0.160. The molecule has 3 aromatic rings. The number of carbonyl (C=O) groups excluding carboxylic acids is 1. The fourth-order valence-corrected chi connectivity index (χ4v) is 4.32. The van der Waals surface area contributed by atoms with Gasteiger partial charge in [0.15, 0.2) is 0 Å². The highest BCUT2D eigenvalue weighted by Crippen LogP contribution is 2.37. The standard InChI is InChI=1S/C22H20ClFN2O4/c23-16-7-8-17(24)20-15-10-14(6-9-18(15)26(21(16)20)11-19(27)28)25-22(29)30-12-13-4-2-1-3-5-13/h1-5,7-8,14H,6,9-12H2,(H,25,29)(H,27,28)/t14-/m1/s1. The minimum Gasteiger partial charge on any atom is -0.480 e. The van der Waals surface area contributed by atoms with Gasteiger partial charge in [0.05, 0.1) is 10.5 Å². The maximum atomic E-state index is 14.7. The molecule has 0 aliphatic heterocycles. The summed E-state index contributed by atoms with van der Waals surface area (Å²) >= 11 is 6.29. The molecule has 0 bridgehead atoms. The Hall–Kier alpha value is -3.06. The Kier molecular flexibility index (Phi) is 5.63. The number of nitrogens with one attached hydrogen (secondary N) is 1. The average Bonchev–Trinajstić information content (AvgIpc) is 3.04. The van der Waals surface area contributed by atoms with Crippen molar-refractivity contribution in [3.8, 4) is 0 Å². The maximum Gasteiger partial charge on any atom is 0.407 e. The van der Waals surface area contributed by atoms with Gasteiger partial charge < -0.3 is 19.7 Å². The number of carboxylic acid groups (broad SMARTS) is 1. The summed E-state index contributed by atoms with van der Waals surface area (Å²) in [7, 11) is 0. The van der Waals surface area contributed by atoms with E-state index in [2.05, 4.69) is 5.32 Å². The molecule has 1 heterocycles. The van der Waals surface area contributed by atoms with Crippen LogP contribution in [-0.2, 0) is 35.5 Å². The molecule has 1 amide bonds. The summed E-state index contributed by atoms with van der Waals surface area (Å²) in [4.78, 5) is 23.6. The van der Waals surface area contributed by atoms with E-state index in [0.717, 1.165) is 11.3 Å². The van der Waals surface area contributed by atoms with Crippen molar-refractivity contribution in [2.24, 2.45) is 0 Å². The SMILES string of the molecule is O=C(O)Cn1c2c(c3c(F)ccc(Cl)c31)C[C@H](NC(=O)OCc1ccccc1)CC2. The number of carboxylic acids is 1. The Labute approximate surface area is 177 Å². The molecule has 1 atom stereocenters. The van der Waals surface area contributed by atoms with Gasteiger partial charge in [0.2, 0.25) is 0 Å². The van der Waals surface area contributed by atoms with E-state index in [1.165, 1.54) is 12.1 Å². The third kappa shape index (κ3) is 3.98. The molecule has 8 heteroatoms. The van der Waals surface area contributed by atoms with E-state index in [9.17, 15) is 19.1 Å². The zero-order valence-corrected chi connectivity index (χ0v) is 16.8. The zero-order valence-electron chi connectivity index (χ0n) is 16.0. The number of aromatic nitrogens is 1. The molecular weight excluding hydrogens is 411 g/mol. The Balaban J connectivity index is 1.55. The van der Waals surface area contributed by atoms with Crippen LogP contribution < -0.4 is 5.32 Å². The summed E-state index contributed by atoms with van der Waals surface area (Å²) in [5.41, 5.74) is 2.70. The molecule has 156 valence electrons. The van der Waals surface area contributed by atoms with Crippen LogP contribution in [0.5, 0.6) is 0 Å². The molecule has 0 fully saturated rings. The van der Waals surface area contributed by atoms with Crippen LogP contribution in [0.3, 0.4) is 0 Å². The quantitative estimate of drug-likeness (QED) is 0.632. The first kappa shape index (κ1) is 20.2. The van der Waals surface area contributed by atoms with Crippen LogP contribution in [0, 0.1) is 5.82 Å². The summed E-state index contributed by atoms with van der Waals surface area (Å²) in [5.74, 6) is -1.48. The van der Waals surface area contributed by atoms with Gasteiger partial charge in [-0.1, -0.05) is 41.9 Å². The van der Waals surface area contributed by atoms with E-state index in [0.29, 0.717) is 40.8 Å². The Morgan fingerprint density at radius 1 is 1.23 bits per heavy atom. The molecule has 1 aromatic heterocycles. The number of alkyl carbamates (subject to hydrolysis) is 1. The fourth-order valence-electron chi connectivity index (χ4n) is 4.06. The summed E-state index contributed by atoms with van der Waals surface area (Å²) in [6, 6.07) is 11.8. The molecule has 2 N–H and O–H groups in total. The van der Waals surface area contributed by atoms with Crippen molar-refractivity contribution in [3.05, 3.63) is 70.1 Å².